The fourth-order valence-electron chi connectivity index (χ4n) is 1.47. The maximum Gasteiger partial charge on any atom is 0.411 e. The van der Waals surface area contributed by atoms with Crippen LogP contribution in [0.5, 0.6) is 0 Å². The number of hydrogen-bond donors (Lipinski definition) is 1. The van der Waals surface area contributed by atoms with E-state index in [1.54, 1.807) is 0 Å². The van der Waals surface area contributed by atoms with Crippen LogP contribution in [0, 0.1) is 0 Å². The molecule has 1 heterocycles. The minimum atomic E-state index is -4.27. The Hall–Kier alpha value is -0.330. The summed E-state index contributed by atoms with van der Waals surface area (Å²) in [6.07, 6.45) is -0.961. The number of nitrogens with one attached hydrogen (secondary N) is 1. The summed E-state index contributed by atoms with van der Waals surface area (Å²) >= 11 is 0. The van der Waals surface area contributed by atoms with Crippen molar-refractivity contribution in [3.63, 3.8) is 0 Å². The van der Waals surface area contributed by atoms with E-state index in [0.717, 1.165) is 25.8 Å². The zero-order valence-electron chi connectivity index (χ0n) is 8.48. The number of halogens is 3. The van der Waals surface area contributed by atoms with Gasteiger partial charge in [-0.15, -0.1) is 0 Å². The van der Waals surface area contributed by atoms with E-state index >= 15 is 0 Å². The first-order valence-electron chi connectivity index (χ1n) is 5.03. The van der Waals surface area contributed by atoms with Crippen molar-refractivity contribution >= 4 is 0 Å². The zero-order valence-corrected chi connectivity index (χ0v) is 8.48. The summed E-state index contributed by atoms with van der Waals surface area (Å²) in [6.45, 7) is -0.169. The van der Waals surface area contributed by atoms with Gasteiger partial charge in [0.05, 0.1) is 6.61 Å². The minimum absolute atomic E-state index is 0.258. The Bertz CT molecular complexity index is 169. The third-order valence-electron chi connectivity index (χ3n) is 2.16. The van der Waals surface area contributed by atoms with Crippen LogP contribution in [0.3, 0.4) is 0 Å². The Morgan fingerprint density at radius 2 is 2.00 bits per heavy atom. The van der Waals surface area contributed by atoms with Gasteiger partial charge in [-0.1, -0.05) is 6.42 Å². The van der Waals surface area contributed by atoms with Crippen molar-refractivity contribution in [1.29, 1.82) is 0 Å². The van der Waals surface area contributed by atoms with E-state index in [1.807, 2.05) is 0 Å². The van der Waals surface area contributed by atoms with Gasteiger partial charge in [-0.2, -0.15) is 13.2 Å². The van der Waals surface area contributed by atoms with Gasteiger partial charge < -0.3 is 14.8 Å². The van der Waals surface area contributed by atoms with Crippen LogP contribution in [0.4, 0.5) is 13.2 Å². The predicted molar refractivity (Wildman–Crippen MR) is 48.5 cm³/mol. The molecule has 0 aromatic heterocycles. The Morgan fingerprint density at radius 3 is 2.60 bits per heavy atom. The monoisotopic (exact) mass is 227 g/mol. The molecule has 0 saturated carbocycles. The second-order valence-electron chi connectivity index (χ2n) is 3.60. The lowest BCUT2D eigenvalue weighted by molar-refractivity contribution is -0.197. The van der Waals surface area contributed by atoms with Crippen LogP contribution in [0.1, 0.15) is 19.3 Å². The molecule has 3 nitrogen and oxygen atoms in total. The third-order valence-corrected chi connectivity index (χ3v) is 2.16. The fraction of sp³-hybridized carbons (Fsp3) is 1.00. The van der Waals surface area contributed by atoms with Crippen LogP contribution in [-0.2, 0) is 9.47 Å². The molecule has 0 spiro atoms. The maximum absolute atomic E-state index is 11.6. The van der Waals surface area contributed by atoms with Crippen molar-refractivity contribution in [3.05, 3.63) is 0 Å². The Kier molecular flexibility index (Phi) is 5.35. The van der Waals surface area contributed by atoms with E-state index in [4.69, 9.17) is 4.74 Å². The summed E-state index contributed by atoms with van der Waals surface area (Å²) in [5.41, 5.74) is 0. The highest BCUT2D eigenvalue weighted by Gasteiger charge is 2.27. The van der Waals surface area contributed by atoms with Crippen LogP contribution < -0.4 is 5.32 Å². The number of hydrogen-bond acceptors (Lipinski definition) is 3. The second kappa shape index (κ2) is 6.30. The molecule has 0 radical (unpaired) electrons. The molecular formula is C9H16F3NO2. The molecule has 90 valence electrons. The summed E-state index contributed by atoms with van der Waals surface area (Å²) in [7, 11) is 0. The molecule has 1 N–H and O–H groups in total. The highest BCUT2D eigenvalue weighted by Crippen LogP contribution is 2.14. The van der Waals surface area contributed by atoms with Crippen LogP contribution >= 0.6 is 0 Å². The standard InChI is InChI=1S/C9H16F3NO2/c10-9(11,12)6-15-7-14-5-8-3-1-2-4-13-8/h8,13H,1-7H2. The number of ether oxygens (including phenoxy) is 2. The minimum Gasteiger partial charge on any atom is -0.354 e. The summed E-state index contributed by atoms with van der Waals surface area (Å²) in [5, 5.41) is 3.22. The lowest BCUT2D eigenvalue weighted by Crippen LogP contribution is -2.37. The van der Waals surface area contributed by atoms with E-state index in [-0.39, 0.29) is 12.8 Å². The van der Waals surface area contributed by atoms with Crippen molar-refractivity contribution in [3.8, 4) is 0 Å². The second-order valence-corrected chi connectivity index (χ2v) is 3.60. The van der Waals surface area contributed by atoms with Crippen molar-refractivity contribution < 1.29 is 22.6 Å². The highest BCUT2D eigenvalue weighted by molar-refractivity contribution is 4.70. The average Bonchev–Trinajstić information content (AvgIpc) is 2.17. The molecule has 0 aromatic rings. The topological polar surface area (TPSA) is 30.5 Å². The Labute approximate surface area is 86.9 Å². The lowest BCUT2D eigenvalue weighted by Gasteiger charge is -2.23. The average molecular weight is 227 g/mol. The normalized spacial score (nSPS) is 23.0. The predicted octanol–water partition coefficient (Wildman–Crippen LogP) is 1.68. The number of piperidine rings is 1. The van der Waals surface area contributed by atoms with E-state index in [0.29, 0.717) is 6.61 Å². The maximum atomic E-state index is 11.6. The molecule has 1 rings (SSSR count). The van der Waals surface area contributed by atoms with E-state index in [1.165, 1.54) is 0 Å². The van der Waals surface area contributed by atoms with Crippen molar-refractivity contribution in [1.82, 2.24) is 5.32 Å². The SMILES string of the molecule is FC(F)(F)COCOCC1CCCCN1. The molecule has 0 aromatic carbocycles. The van der Waals surface area contributed by atoms with Gasteiger partial charge in [0, 0.05) is 6.04 Å². The number of alkyl halides is 3. The van der Waals surface area contributed by atoms with Gasteiger partial charge in [0.25, 0.3) is 0 Å². The van der Waals surface area contributed by atoms with E-state index in [9.17, 15) is 13.2 Å². The molecule has 1 aliphatic heterocycles. The van der Waals surface area contributed by atoms with Crippen molar-refractivity contribution in [2.24, 2.45) is 0 Å². The first-order valence-corrected chi connectivity index (χ1v) is 5.03. The first-order chi connectivity index (χ1) is 7.08. The lowest BCUT2D eigenvalue weighted by atomic mass is 10.1. The first kappa shape index (κ1) is 12.7. The molecular weight excluding hydrogens is 211 g/mol. The summed E-state index contributed by atoms with van der Waals surface area (Å²) in [6, 6.07) is 0.258. The van der Waals surface area contributed by atoms with Gasteiger partial charge in [0.2, 0.25) is 0 Å². The van der Waals surface area contributed by atoms with Crippen molar-refractivity contribution in [2.45, 2.75) is 31.5 Å². The molecule has 0 aliphatic carbocycles. The summed E-state index contributed by atoms with van der Waals surface area (Å²) < 4.78 is 44.2. The molecule has 0 bridgehead atoms. The molecule has 6 heteroatoms. The van der Waals surface area contributed by atoms with Gasteiger partial charge in [0.1, 0.15) is 13.4 Å². The van der Waals surface area contributed by atoms with Gasteiger partial charge in [-0.05, 0) is 19.4 Å². The summed E-state index contributed by atoms with van der Waals surface area (Å²) in [5.74, 6) is 0. The van der Waals surface area contributed by atoms with Gasteiger partial charge in [-0.25, -0.2) is 0 Å². The summed E-state index contributed by atoms with van der Waals surface area (Å²) in [4.78, 5) is 0. The molecule has 1 atom stereocenters. The smallest absolute Gasteiger partial charge is 0.354 e. The molecule has 15 heavy (non-hydrogen) atoms. The molecule has 1 aliphatic rings. The molecule has 0 amide bonds. The Balaban J connectivity index is 1.92. The van der Waals surface area contributed by atoms with E-state index < -0.39 is 12.8 Å². The quantitative estimate of drug-likeness (QED) is 0.572. The molecule has 1 saturated heterocycles. The van der Waals surface area contributed by atoms with Crippen LogP contribution in [0.25, 0.3) is 0 Å². The highest BCUT2D eigenvalue weighted by atomic mass is 19.4. The largest absolute Gasteiger partial charge is 0.411 e. The molecule has 1 unspecified atom stereocenters. The zero-order chi connectivity index (χ0) is 11.1. The van der Waals surface area contributed by atoms with Crippen LogP contribution in [-0.4, -0.2) is 38.8 Å². The Morgan fingerprint density at radius 1 is 1.20 bits per heavy atom. The van der Waals surface area contributed by atoms with Crippen LogP contribution in [0.2, 0.25) is 0 Å². The third kappa shape index (κ3) is 6.70. The number of rotatable bonds is 5. The van der Waals surface area contributed by atoms with Gasteiger partial charge in [-0.3, -0.25) is 0 Å². The fourth-order valence-corrected chi connectivity index (χ4v) is 1.47. The van der Waals surface area contributed by atoms with Crippen LogP contribution in [0.15, 0.2) is 0 Å². The molecule has 1 fully saturated rings. The van der Waals surface area contributed by atoms with Gasteiger partial charge in [0.15, 0.2) is 0 Å². The van der Waals surface area contributed by atoms with Crippen molar-refractivity contribution in [2.75, 3.05) is 26.6 Å². The van der Waals surface area contributed by atoms with E-state index in [2.05, 4.69) is 10.1 Å². The van der Waals surface area contributed by atoms with Gasteiger partial charge >= 0.3 is 6.18 Å².